The summed E-state index contributed by atoms with van der Waals surface area (Å²) in [5.41, 5.74) is -0.0159. The molecule has 2 N–H and O–H groups in total. The summed E-state index contributed by atoms with van der Waals surface area (Å²) in [4.78, 5) is 9.52. The van der Waals surface area contributed by atoms with Gasteiger partial charge in [-0.3, -0.25) is 10.1 Å². The van der Waals surface area contributed by atoms with Crippen molar-refractivity contribution in [2.24, 2.45) is 0 Å². The van der Waals surface area contributed by atoms with Crippen LogP contribution in [0.25, 0.3) is 10.8 Å². The van der Waals surface area contributed by atoms with Crippen molar-refractivity contribution in [3.05, 3.63) is 76.8 Å². The Hall–Kier alpha value is -3.08. The van der Waals surface area contributed by atoms with Crippen LogP contribution in [0.15, 0.2) is 66.7 Å². The number of phenols is 2. The Morgan fingerprint density at radius 1 is 0.810 bits per heavy atom. The minimum absolute atomic E-state index is 0.0159. The Bertz CT molecular complexity index is 748. The molecule has 5 heteroatoms. The summed E-state index contributed by atoms with van der Waals surface area (Å²) in [5.74, 6) is 0.383. The zero-order chi connectivity index (χ0) is 15.2. The van der Waals surface area contributed by atoms with Crippen molar-refractivity contribution in [2.45, 2.75) is 0 Å². The number of hydrogen-bond donors (Lipinski definition) is 2. The van der Waals surface area contributed by atoms with Crippen molar-refractivity contribution >= 4 is 16.5 Å². The quantitative estimate of drug-likeness (QED) is 0.525. The zero-order valence-electron chi connectivity index (χ0n) is 11.0. The molecule has 3 aromatic rings. The smallest absolute Gasteiger partial charge is 0.269 e. The number of nitro benzene ring substituents is 1. The van der Waals surface area contributed by atoms with Gasteiger partial charge in [0.05, 0.1) is 4.92 Å². The Kier molecular flexibility index (Phi) is 4.36. The van der Waals surface area contributed by atoms with Crippen LogP contribution in [0.1, 0.15) is 0 Å². The van der Waals surface area contributed by atoms with E-state index >= 15 is 0 Å². The molecule has 0 bridgehead atoms. The Morgan fingerprint density at radius 3 is 2.05 bits per heavy atom. The second-order valence-electron chi connectivity index (χ2n) is 4.27. The summed E-state index contributed by atoms with van der Waals surface area (Å²) in [6.07, 6.45) is 0. The first kappa shape index (κ1) is 14.3. The van der Waals surface area contributed by atoms with E-state index in [9.17, 15) is 15.2 Å². The van der Waals surface area contributed by atoms with E-state index in [0.29, 0.717) is 5.75 Å². The first-order chi connectivity index (χ1) is 10.1. The number of nitro groups is 1. The third kappa shape index (κ3) is 3.70. The lowest BCUT2D eigenvalue weighted by molar-refractivity contribution is -0.384. The van der Waals surface area contributed by atoms with E-state index in [1.54, 1.807) is 6.07 Å². The molecule has 0 radical (unpaired) electrons. The van der Waals surface area contributed by atoms with Crippen molar-refractivity contribution < 1.29 is 15.1 Å². The van der Waals surface area contributed by atoms with Gasteiger partial charge in [0.1, 0.15) is 11.5 Å². The summed E-state index contributed by atoms with van der Waals surface area (Å²) in [6.45, 7) is 0. The average Bonchev–Trinajstić information content (AvgIpc) is 2.49. The highest BCUT2D eigenvalue weighted by Gasteiger charge is 2.01. The topological polar surface area (TPSA) is 83.6 Å². The largest absolute Gasteiger partial charge is 0.508 e. The highest BCUT2D eigenvalue weighted by molar-refractivity contribution is 5.87. The van der Waals surface area contributed by atoms with Crippen LogP contribution in [-0.2, 0) is 0 Å². The van der Waals surface area contributed by atoms with E-state index in [-0.39, 0.29) is 11.4 Å². The molecule has 0 unspecified atom stereocenters. The molecule has 106 valence electrons. The molecule has 3 aromatic carbocycles. The van der Waals surface area contributed by atoms with Crippen molar-refractivity contribution in [3.63, 3.8) is 0 Å². The molecule has 5 nitrogen and oxygen atoms in total. The summed E-state index contributed by atoms with van der Waals surface area (Å²) >= 11 is 0. The van der Waals surface area contributed by atoms with Gasteiger partial charge < -0.3 is 10.2 Å². The van der Waals surface area contributed by atoms with Crippen molar-refractivity contribution in [3.8, 4) is 11.5 Å². The van der Waals surface area contributed by atoms with Crippen molar-refractivity contribution in [1.29, 1.82) is 0 Å². The number of non-ortho nitro benzene ring substituents is 1. The Morgan fingerprint density at radius 2 is 1.43 bits per heavy atom. The zero-order valence-corrected chi connectivity index (χ0v) is 11.0. The van der Waals surface area contributed by atoms with Gasteiger partial charge in [0.25, 0.3) is 5.69 Å². The average molecular weight is 283 g/mol. The molecule has 3 rings (SSSR count). The summed E-state index contributed by atoms with van der Waals surface area (Å²) in [7, 11) is 0. The van der Waals surface area contributed by atoms with E-state index in [1.165, 1.54) is 24.3 Å². The van der Waals surface area contributed by atoms with Gasteiger partial charge in [-0.1, -0.05) is 36.4 Å². The second-order valence-corrected chi connectivity index (χ2v) is 4.27. The fourth-order valence-electron chi connectivity index (χ4n) is 1.78. The van der Waals surface area contributed by atoms with E-state index in [1.807, 2.05) is 36.4 Å². The van der Waals surface area contributed by atoms with E-state index < -0.39 is 4.92 Å². The summed E-state index contributed by atoms with van der Waals surface area (Å²) < 4.78 is 0. The fourth-order valence-corrected chi connectivity index (χ4v) is 1.78. The molecule has 0 amide bonds. The number of phenolic OH excluding ortho intramolecular Hbond substituents is 2. The number of aromatic hydroxyl groups is 2. The lowest BCUT2D eigenvalue weighted by Gasteiger charge is -1.97. The molecular formula is C16H13NO4. The van der Waals surface area contributed by atoms with Crippen LogP contribution in [-0.4, -0.2) is 15.1 Å². The SMILES string of the molecule is O=[N+]([O-])c1ccc(O)cc1.Oc1cccc2ccccc12. The molecule has 21 heavy (non-hydrogen) atoms. The molecule has 0 saturated carbocycles. The summed E-state index contributed by atoms with van der Waals surface area (Å²) in [5, 5.41) is 30.1. The number of rotatable bonds is 1. The minimum Gasteiger partial charge on any atom is -0.508 e. The van der Waals surface area contributed by atoms with Gasteiger partial charge >= 0.3 is 0 Å². The number of benzene rings is 3. The molecule has 0 aliphatic rings. The van der Waals surface area contributed by atoms with Gasteiger partial charge in [-0.15, -0.1) is 0 Å². The predicted octanol–water partition coefficient (Wildman–Crippen LogP) is 3.85. The van der Waals surface area contributed by atoms with Gasteiger partial charge in [0.15, 0.2) is 0 Å². The number of fused-ring (bicyclic) bond motifs is 1. The lowest BCUT2D eigenvalue weighted by Crippen LogP contribution is -1.85. The standard InChI is InChI=1S/C10H8O.C6H5NO3/c11-10-7-3-5-8-4-1-2-6-9(8)10;8-6-3-1-5(2-4-6)7(9)10/h1-7,11H;1-4,8H. The Labute approximate surface area is 120 Å². The van der Waals surface area contributed by atoms with Crippen molar-refractivity contribution in [1.82, 2.24) is 0 Å². The predicted molar refractivity (Wildman–Crippen MR) is 80.4 cm³/mol. The van der Waals surface area contributed by atoms with E-state index in [0.717, 1.165) is 10.8 Å². The maximum absolute atomic E-state index is 10.0. The molecule has 0 saturated heterocycles. The highest BCUT2D eigenvalue weighted by Crippen LogP contribution is 2.22. The third-order valence-corrected chi connectivity index (χ3v) is 2.83. The first-order valence-corrected chi connectivity index (χ1v) is 6.18. The van der Waals surface area contributed by atoms with Crippen LogP contribution in [0.4, 0.5) is 5.69 Å². The van der Waals surface area contributed by atoms with Crippen LogP contribution in [0.2, 0.25) is 0 Å². The molecule has 0 atom stereocenters. The highest BCUT2D eigenvalue weighted by atomic mass is 16.6. The first-order valence-electron chi connectivity index (χ1n) is 6.18. The van der Waals surface area contributed by atoms with Gasteiger partial charge in [-0.05, 0) is 23.6 Å². The second kappa shape index (κ2) is 6.38. The number of hydrogen-bond acceptors (Lipinski definition) is 4. The molecule has 0 spiro atoms. The normalized spacial score (nSPS) is 9.71. The third-order valence-electron chi connectivity index (χ3n) is 2.83. The van der Waals surface area contributed by atoms with Crippen molar-refractivity contribution in [2.75, 3.05) is 0 Å². The lowest BCUT2D eigenvalue weighted by atomic mass is 10.1. The molecule has 0 aliphatic carbocycles. The molecule has 0 aromatic heterocycles. The van der Waals surface area contributed by atoms with Crippen LogP contribution in [0, 0.1) is 10.1 Å². The number of nitrogens with zero attached hydrogens (tertiary/aromatic N) is 1. The minimum atomic E-state index is -0.514. The van der Waals surface area contributed by atoms with Gasteiger partial charge in [-0.2, -0.15) is 0 Å². The molecule has 0 heterocycles. The summed E-state index contributed by atoms with van der Waals surface area (Å²) in [6, 6.07) is 18.3. The monoisotopic (exact) mass is 283 g/mol. The maximum Gasteiger partial charge on any atom is 0.269 e. The van der Waals surface area contributed by atoms with Crippen LogP contribution >= 0.6 is 0 Å². The van der Waals surface area contributed by atoms with E-state index in [4.69, 9.17) is 5.11 Å². The Balaban J connectivity index is 0.000000155. The van der Waals surface area contributed by atoms with Crippen LogP contribution < -0.4 is 0 Å². The van der Waals surface area contributed by atoms with Gasteiger partial charge in [-0.25, -0.2) is 0 Å². The van der Waals surface area contributed by atoms with Gasteiger partial charge in [0.2, 0.25) is 0 Å². The van der Waals surface area contributed by atoms with Gasteiger partial charge in [0, 0.05) is 17.5 Å². The molecular weight excluding hydrogens is 270 g/mol. The van der Waals surface area contributed by atoms with E-state index in [2.05, 4.69) is 0 Å². The van der Waals surface area contributed by atoms with Crippen LogP contribution in [0.3, 0.4) is 0 Å². The maximum atomic E-state index is 10.0. The molecule has 0 aliphatic heterocycles. The molecule has 0 fully saturated rings. The fraction of sp³-hybridized carbons (Fsp3) is 0. The van der Waals surface area contributed by atoms with Crippen LogP contribution in [0.5, 0.6) is 11.5 Å².